The molecule has 0 spiro atoms. The molecule has 9 nitrogen and oxygen atoms in total. The molecule has 11 heteroatoms. The van der Waals surface area contributed by atoms with Crippen LogP contribution in [0.2, 0.25) is 5.02 Å². The second-order valence-electron chi connectivity index (χ2n) is 10.7. The molecule has 0 saturated heterocycles. The third-order valence-electron chi connectivity index (χ3n) is 7.29. The van der Waals surface area contributed by atoms with E-state index in [-0.39, 0.29) is 12.2 Å². The van der Waals surface area contributed by atoms with Crippen molar-refractivity contribution in [2.24, 2.45) is 0 Å². The van der Waals surface area contributed by atoms with Crippen molar-refractivity contribution in [2.45, 2.75) is 44.8 Å². The maximum atomic E-state index is 11.5. The first-order chi connectivity index (χ1) is 20.4. The number of methoxy groups -OCH3 is 2. The summed E-state index contributed by atoms with van der Waals surface area (Å²) in [4.78, 5) is 8.41. The number of rotatable bonds is 13. The zero-order valence-corrected chi connectivity index (χ0v) is 26.4. The maximum absolute atomic E-state index is 11.5. The van der Waals surface area contributed by atoms with Crippen LogP contribution in [0, 0.1) is 11.3 Å². The van der Waals surface area contributed by atoms with Gasteiger partial charge in [0, 0.05) is 31.2 Å². The molecule has 43 heavy (non-hydrogen) atoms. The van der Waals surface area contributed by atoms with Gasteiger partial charge in [0.05, 0.1) is 29.0 Å². The van der Waals surface area contributed by atoms with Crippen molar-refractivity contribution in [1.82, 2.24) is 9.97 Å². The van der Waals surface area contributed by atoms with Gasteiger partial charge in [0.15, 0.2) is 12.0 Å². The molecule has 0 atom stereocenters. The van der Waals surface area contributed by atoms with Gasteiger partial charge in [0.2, 0.25) is 16.0 Å². The smallest absolute Gasteiger partial charge is 0.237 e. The lowest BCUT2D eigenvalue weighted by Crippen LogP contribution is -2.19. The van der Waals surface area contributed by atoms with Crippen molar-refractivity contribution in [1.29, 1.82) is 5.26 Å². The Labute approximate surface area is 257 Å². The average Bonchev–Trinajstić information content (AvgIpc) is 2.98. The van der Waals surface area contributed by atoms with E-state index in [1.54, 1.807) is 20.4 Å². The summed E-state index contributed by atoms with van der Waals surface area (Å²) in [5.74, 6) is 0.431. The summed E-state index contributed by atoms with van der Waals surface area (Å²) >= 11 is 6.65. The van der Waals surface area contributed by atoms with Crippen molar-refractivity contribution >= 4 is 38.5 Å². The second-order valence-corrected chi connectivity index (χ2v) is 12.9. The molecule has 0 fully saturated rings. The first-order valence-corrected chi connectivity index (χ1v) is 16.0. The Morgan fingerprint density at radius 1 is 1.00 bits per heavy atom. The Morgan fingerprint density at radius 3 is 2.35 bits per heavy atom. The Hall–Kier alpha value is -3.75. The Balaban J connectivity index is 1.50. The third kappa shape index (κ3) is 8.00. The summed E-state index contributed by atoms with van der Waals surface area (Å²) in [6.45, 7) is 4.61. The van der Waals surface area contributed by atoms with Crippen LogP contribution in [0.4, 0.5) is 5.95 Å². The first-order valence-electron chi connectivity index (χ1n) is 13.7. The van der Waals surface area contributed by atoms with Crippen molar-refractivity contribution in [2.75, 3.05) is 31.8 Å². The van der Waals surface area contributed by atoms with E-state index in [4.69, 9.17) is 25.8 Å². The predicted molar refractivity (Wildman–Crippen MR) is 169 cm³/mol. The van der Waals surface area contributed by atoms with Crippen LogP contribution in [0.1, 0.15) is 49.8 Å². The molecule has 0 aliphatic rings. The number of nitriles is 1. The van der Waals surface area contributed by atoms with E-state index >= 15 is 0 Å². The van der Waals surface area contributed by atoms with Gasteiger partial charge in [0.1, 0.15) is 6.07 Å². The standard InChI is InChI=1S/C32H35ClN4O5S/c1-32(2,26-17-23(19-34)30(27(33)18-26)42-15-7-6-8-29(40-3)41-4)25-12-9-21(10-13-25)22-11-14-28-24(16-22)20-35-31(36-28)37-43(5,38)39/h9-14,16-18,20,29H,6-8,15H2,1-5H3,(H,35,36,37). The second kappa shape index (κ2) is 13.7. The minimum Gasteiger partial charge on any atom is -0.491 e. The van der Waals surface area contributed by atoms with E-state index in [2.05, 4.69) is 46.7 Å². The lowest BCUT2D eigenvalue weighted by atomic mass is 9.77. The number of hydrogen-bond acceptors (Lipinski definition) is 8. The number of halogens is 1. The van der Waals surface area contributed by atoms with Gasteiger partial charge in [-0.2, -0.15) is 5.26 Å². The number of aromatic nitrogens is 2. The molecule has 4 rings (SSSR count). The van der Waals surface area contributed by atoms with E-state index < -0.39 is 15.4 Å². The molecule has 1 aromatic heterocycles. The number of nitrogens with zero attached hydrogens (tertiary/aromatic N) is 3. The fourth-order valence-corrected chi connectivity index (χ4v) is 5.48. The van der Waals surface area contributed by atoms with Crippen molar-refractivity contribution in [3.8, 4) is 22.9 Å². The van der Waals surface area contributed by atoms with Crippen LogP contribution in [0.3, 0.4) is 0 Å². The largest absolute Gasteiger partial charge is 0.491 e. The average molecular weight is 623 g/mol. The van der Waals surface area contributed by atoms with Gasteiger partial charge < -0.3 is 14.2 Å². The molecule has 0 saturated carbocycles. The number of benzene rings is 3. The molecule has 1 N–H and O–H groups in total. The fourth-order valence-electron chi connectivity index (χ4n) is 4.78. The zero-order valence-electron chi connectivity index (χ0n) is 24.8. The zero-order chi connectivity index (χ0) is 31.2. The molecule has 0 aliphatic carbocycles. The Morgan fingerprint density at radius 2 is 1.70 bits per heavy atom. The summed E-state index contributed by atoms with van der Waals surface area (Å²) < 4.78 is 41.6. The van der Waals surface area contributed by atoms with Crippen molar-refractivity contribution < 1.29 is 22.6 Å². The number of anilines is 1. The molecule has 0 radical (unpaired) electrons. The van der Waals surface area contributed by atoms with E-state index in [0.717, 1.165) is 53.2 Å². The third-order valence-corrected chi connectivity index (χ3v) is 8.12. The highest BCUT2D eigenvalue weighted by molar-refractivity contribution is 7.92. The molecule has 0 aliphatic heterocycles. The molecule has 4 aromatic rings. The molecule has 0 amide bonds. The van der Waals surface area contributed by atoms with Crippen LogP contribution < -0.4 is 9.46 Å². The minimum absolute atomic E-state index is 0.0344. The lowest BCUT2D eigenvalue weighted by molar-refractivity contribution is -0.107. The fraction of sp³-hybridized carbons (Fsp3) is 0.344. The number of nitrogens with one attached hydrogen (secondary N) is 1. The van der Waals surface area contributed by atoms with Crippen LogP contribution in [0.25, 0.3) is 22.0 Å². The summed E-state index contributed by atoms with van der Waals surface area (Å²) in [6, 6.07) is 19.9. The SMILES string of the molecule is COC(CCCCOc1c(Cl)cc(C(C)(C)c2ccc(-c3ccc4nc(NS(C)(=O)=O)ncc4c3)cc2)cc1C#N)OC. The van der Waals surface area contributed by atoms with Crippen LogP contribution in [0.5, 0.6) is 5.75 Å². The molecule has 0 unspecified atom stereocenters. The van der Waals surface area contributed by atoms with E-state index in [1.165, 1.54) is 0 Å². The van der Waals surface area contributed by atoms with Crippen LogP contribution in [-0.2, 0) is 24.9 Å². The molecule has 1 heterocycles. The Kier molecular flexibility index (Phi) is 10.2. The van der Waals surface area contributed by atoms with Gasteiger partial charge in [-0.05, 0) is 65.8 Å². The lowest BCUT2D eigenvalue weighted by Gasteiger charge is -2.27. The van der Waals surface area contributed by atoms with Gasteiger partial charge in [0.25, 0.3) is 0 Å². The molecule has 3 aromatic carbocycles. The number of hydrogen-bond donors (Lipinski definition) is 1. The minimum atomic E-state index is -3.46. The highest BCUT2D eigenvalue weighted by Crippen LogP contribution is 2.39. The summed E-state index contributed by atoms with van der Waals surface area (Å²) in [7, 11) is -0.237. The van der Waals surface area contributed by atoms with Gasteiger partial charge in [-0.1, -0.05) is 55.8 Å². The van der Waals surface area contributed by atoms with Crippen molar-refractivity contribution in [3.05, 3.63) is 82.5 Å². The highest BCUT2D eigenvalue weighted by atomic mass is 35.5. The van der Waals surface area contributed by atoms with E-state index in [9.17, 15) is 13.7 Å². The summed E-state index contributed by atoms with van der Waals surface area (Å²) in [6.07, 6.45) is 4.79. The number of ether oxygens (including phenoxy) is 3. The normalized spacial score (nSPS) is 12.0. The summed E-state index contributed by atoms with van der Waals surface area (Å²) in [5.41, 5.74) is 4.51. The van der Waals surface area contributed by atoms with Crippen LogP contribution in [0.15, 0.2) is 60.8 Å². The van der Waals surface area contributed by atoms with Gasteiger partial charge in [-0.15, -0.1) is 0 Å². The van der Waals surface area contributed by atoms with Crippen LogP contribution >= 0.6 is 11.6 Å². The molecular formula is C32H35ClN4O5S. The van der Waals surface area contributed by atoms with Gasteiger partial charge in [-0.25, -0.2) is 18.4 Å². The number of unbranched alkanes of at least 4 members (excludes halogenated alkanes) is 1. The van der Waals surface area contributed by atoms with E-state index in [0.29, 0.717) is 28.5 Å². The molecular weight excluding hydrogens is 588 g/mol. The predicted octanol–water partition coefficient (Wildman–Crippen LogP) is 6.69. The first kappa shape index (κ1) is 32.2. The maximum Gasteiger partial charge on any atom is 0.237 e. The summed E-state index contributed by atoms with van der Waals surface area (Å²) in [5, 5.41) is 11.1. The van der Waals surface area contributed by atoms with Crippen molar-refractivity contribution in [3.63, 3.8) is 0 Å². The molecule has 0 bridgehead atoms. The van der Waals surface area contributed by atoms with Crippen LogP contribution in [-0.4, -0.2) is 51.8 Å². The Bertz CT molecular complexity index is 1730. The quantitative estimate of drug-likeness (QED) is 0.129. The molecule has 226 valence electrons. The number of sulfonamides is 1. The number of fused-ring (bicyclic) bond motifs is 1. The van der Waals surface area contributed by atoms with Gasteiger partial charge >= 0.3 is 0 Å². The highest BCUT2D eigenvalue weighted by Gasteiger charge is 2.26. The van der Waals surface area contributed by atoms with Gasteiger partial charge in [-0.3, -0.25) is 4.72 Å². The monoisotopic (exact) mass is 622 g/mol. The topological polar surface area (TPSA) is 123 Å². The van der Waals surface area contributed by atoms with E-state index in [1.807, 2.05) is 42.5 Å².